The number of ether oxygens (including phenoxy) is 2. The van der Waals surface area contributed by atoms with E-state index in [1.54, 1.807) is 0 Å². The van der Waals surface area contributed by atoms with Gasteiger partial charge in [-0.1, -0.05) is 0 Å². The van der Waals surface area contributed by atoms with Crippen molar-refractivity contribution in [3.8, 4) is 22.9 Å². The first-order valence-electron chi connectivity index (χ1n) is 9.12. The first-order chi connectivity index (χ1) is 15.5. The topological polar surface area (TPSA) is 73.6 Å². The summed E-state index contributed by atoms with van der Waals surface area (Å²) in [5, 5.41) is 2.78. The molecule has 0 aliphatic heterocycles. The number of pyridine rings is 1. The zero-order valence-electron chi connectivity index (χ0n) is 16.6. The highest BCUT2D eigenvalue weighted by Crippen LogP contribution is 2.37. The van der Waals surface area contributed by atoms with Crippen LogP contribution in [0.4, 0.5) is 37.8 Å². The van der Waals surface area contributed by atoms with Gasteiger partial charge in [-0.15, -0.1) is 13.2 Å². The summed E-state index contributed by atoms with van der Waals surface area (Å²) in [4.78, 5) is 11.8. The number of nitrogens with one attached hydrogen (secondary N) is 1. The van der Waals surface area contributed by atoms with E-state index in [1.165, 1.54) is 48.2 Å². The van der Waals surface area contributed by atoms with Gasteiger partial charge in [-0.25, -0.2) is 9.97 Å². The highest BCUT2D eigenvalue weighted by atomic mass is 19.4. The lowest BCUT2D eigenvalue weighted by atomic mass is 10.2. The fourth-order valence-corrected chi connectivity index (χ4v) is 3.02. The Bertz CT molecular complexity index is 1290. The predicted octanol–water partition coefficient (Wildman–Crippen LogP) is 5.46. The number of hydrogen-bond donors (Lipinski definition) is 1. The largest absolute Gasteiger partial charge is 0.573 e. The minimum absolute atomic E-state index is 0.0264. The average Bonchev–Trinajstić information content (AvgIpc) is 3.13. The van der Waals surface area contributed by atoms with Crippen LogP contribution in [0.15, 0.2) is 55.0 Å². The van der Waals surface area contributed by atoms with Crippen LogP contribution in [0.3, 0.4) is 0 Å². The van der Waals surface area contributed by atoms with Crippen LogP contribution in [-0.2, 0) is 6.18 Å². The van der Waals surface area contributed by atoms with Gasteiger partial charge in [0.15, 0.2) is 5.69 Å². The molecule has 0 radical (unpaired) electrons. The van der Waals surface area contributed by atoms with E-state index in [0.717, 1.165) is 18.3 Å². The summed E-state index contributed by atoms with van der Waals surface area (Å²) in [5.74, 6) is -0.0661. The molecule has 4 rings (SSSR count). The van der Waals surface area contributed by atoms with E-state index in [1.807, 2.05) is 0 Å². The Kier molecular flexibility index (Phi) is 5.47. The molecular weight excluding hydrogens is 456 g/mol. The maximum Gasteiger partial charge on any atom is 0.573 e. The van der Waals surface area contributed by atoms with Crippen LogP contribution in [0.1, 0.15) is 5.69 Å². The van der Waals surface area contributed by atoms with Gasteiger partial charge in [-0.2, -0.15) is 13.2 Å². The van der Waals surface area contributed by atoms with Gasteiger partial charge in [-0.3, -0.25) is 9.38 Å². The van der Waals surface area contributed by atoms with Gasteiger partial charge >= 0.3 is 12.5 Å². The minimum atomic E-state index is -4.83. The lowest BCUT2D eigenvalue weighted by Crippen LogP contribution is -2.16. The molecular formula is C20H13F6N5O2. The lowest BCUT2D eigenvalue weighted by molar-refractivity contribution is -0.274. The molecule has 1 aromatic carbocycles. The summed E-state index contributed by atoms with van der Waals surface area (Å²) < 4.78 is 88.0. The molecule has 13 heteroatoms. The van der Waals surface area contributed by atoms with E-state index < -0.39 is 24.0 Å². The summed E-state index contributed by atoms with van der Waals surface area (Å²) in [6, 6.07) is 7.57. The Hall–Kier alpha value is -4.03. The van der Waals surface area contributed by atoms with Crippen LogP contribution >= 0.6 is 0 Å². The van der Waals surface area contributed by atoms with Crippen LogP contribution in [0.5, 0.6) is 11.5 Å². The van der Waals surface area contributed by atoms with Gasteiger partial charge < -0.3 is 14.8 Å². The number of fused-ring (bicyclic) bond motifs is 1. The van der Waals surface area contributed by atoms with Gasteiger partial charge in [0.05, 0.1) is 25.7 Å². The van der Waals surface area contributed by atoms with E-state index in [9.17, 15) is 26.3 Å². The molecule has 0 amide bonds. The number of methoxy groups -OCH3 is 1. The second-order valence-electron chi connectivity index (χ2n) is 6.59. The number of benzene rings is 1. The number of anilines is 2. The molecule has 3 aromatic heterocycles. The highest BCUT2D eigenvalue weighted by Gasteiger charge is 2.39. The molecule has 0 bridgehead atoms. The molecule has 3 heterocycles. The van der Waals surface area contributed by atoms with Crippen LogP contribution in [0.25, 0.3) is 17.0 Å². The molecule has 7 nitrogen and oxygen atoms in total. The van der Waals surface area contributed by atoms with Crippen molar-refractivity contribution in [3.63, 3.8) is 0 Å². The average molecular weight is 469 g/mol. The molecule has 0 atom stereocenters. The zero-order chi connectivity index (χ0) is 23.8. The predicted molar refractivity (Wildman–Crippen MR) is 104 cm³/mol. The maximum atomic E-state index is 13.7. The Morgan fingerprint density at radius 1 is 0.879 bits per heavy atom. The van der Waals surface area contributed by atoms with Gasteiger partial charge in [0.25, 0.3) is 0 Å². The van der Waals surface area contributed by atoms with E-state index >= 15 is 0 Å². The molecule has 0 saturated heterocycles. The maximum absolute atomic E-state index is 13.7. The lowest BCUT2D eigenvalue weighted by Gasteiger charge is -2.11. The second kappa shape index (κ2) is 8.15. The summed E-state index contributed by atoms with van der Waals surface area (Å²) in [5.41, 5.74) is -1.30. The van der Waals surface area contributed by atoms with Crippen molar-refractivity contribution in [2.75, 3.05) is 12.4 Å². The van der Waals surface area contributed by atoms with Crippen molar-refractivity contribution < 1.29 is 35.8 Å². The Labute approximate surface area is 181 Å². The number of imidazole rings is 1. The molecule has 172 valence electrons. The molecule has 4 aromatic rings. The van der Waals surface area contributed by atoms with Crippen molar-refractivity contribution in [1.82, 2.24) is 19.4 Å². The van der Waals surface area contributed by atoms with Crippen LogP contribution in [0.2, 0.25) is 0 Å². The van der Waals surface area contributed by atoms with Crippen molar-refractivity contribution >= 4 is 17.2 Å². The molecule has 0 aliphatic carbocycles. The zero-order valence-corrected chi connectivity index (χ0v) is 16.6. The molecule has 33 heavy (non-hydrogen) atoms. The molecule has 0 spiro atoms. The van der Waals surface area contributed by atoms with Crippen molar-refractivity contribution in [2.45, 2.75) is 12.5 Å². The number of nitrogens with zero attached hydrogens (tertiary/aromatic N) is 4. The normalized spacial score (nSPS) is 12.1. The number of alkyl halides is 6. The van der Waals surface area contributed by atoms with Crippen molar-refractivity contribution in [3.05, 3.63) is 60.7 Å². The van der Waals surface area contributed by atoms with Crippen LogP contribution in [0, 0.1) is 0 Å². The van der Waals surface area contributed by atoms with Crippen molar-refractivity contribution in [2.24, 2.45) is 0 Å². The highest BCUT2D eigenvalue weighted by molar-refractivity contribution is 5.67. The number of aromatic nitrogens is 4. The molecule has 0 fully saturated rings. The SMILES string of the molecule is COc1ccc2nc(C(F)(F)F)c(-c3cncc(Nc4ccc(OC(F)(F)F)cc4)n3)n2c1. The third kappa shape index (κ3) is 4.91. The van der Waals surface area contributed by atoms with E-state index in [-0.39, 0.29) is 22.9 Å². The molecule has 0 aliphatic rings. The second-order valence-corrected chi connectivity index (χ2v) is 6.59. The van der Waals surface area contributed by atoms with E-state index in [2.05, 4.69) is 25.0 Å². The fraction of sp³-hybridized carbons (Fsp3) is 0.150. The standard InChI is InChI=1S/C20H13F6N5O2/c1-32-13-6-7-16-30-18(19(21,22)23)17(31(16)10-13)14-8-27-9-15(29-14)28-11-2-4-12(5-3-11)33-20(24,25)26/h2-10H,1H3,(H,28,29). The monoisotopic (exact) mass is 469 g/mol. The summed E-state index contributed by atoms with van der Waals surface area (Å²) in [6.45, 7) is 0. The quantitative estimate of drug-likeness (QED) is 0.392. The molecule has 0 saturated carbocycles. The van der Waals surface area contributed by atoms with Gasteiger partial charge in [0, 0.05) is 5.69 Å². The first kappa shape index (κ1) is 22.2. The summed E-state index contributed by atoms with van der Waals surface area (Å²) >= 11 is 0. The number of halogens is 6. The number of hydrogen-bond acceptors (Lipinski definition) is 6. The van der Waals surface area contributed by atoms with Gasteiger partial charge in [-0.05, 0) is 36.4 Å². The van der Waals surface area contributed by atoms with Crippen LogP contribution < -0.4 is 14.8 Å². The molecule has 1 N–H and O–H groups in total. The van der Waals surface area contributed by atoms with Gasteiger partial charge in [0.1, 0.15) is 34.4 Å². The minimum Gasteiger partial charge on any atom is -0.495 e. The van der Waals surface area contributed by atoms with E-state index in [4.69, 9.17) is 4.74 Å². The fourth-order valence-electron chi connectivity index (χ4n) is 3.02. The number of rotatable bonds is 5. The Morgan fingerprint density at radius 2 is 1.58 bits per heavy atom. The van der Waals surface area contributed by atoms with E-state index in [0.29, 0.717) is 11.4 Å². The summed E-state index contributed by atoms with van der Waals surface area (Å²) in [7, 11) is 1.37. The Morgan fingerprint density at radius 3 is 2.21 bits per heavy atom. The van der Waals surface area contributed by atoms with Gasteiger partial charge in [0.2, 0.25) is 0 Å². The molecule has 0 unspecified atom stereocenters. The smallest absolute Gasteiger partial charge is 0.495 e. The Balaban J connectivity index is 1.71. The first-order valence-corrected chi connectivity index (χ1v) is 9.12. The third-order valence-corrected chi connectivity index (χ3v) is 4.33. The van der Waals surface area contributed by atoms with Crippen LogP contribution in [-0.4, -0.2) is 32.8 Å². The summed E-state index contributed by atoms with van der Waals surface area (Å²) in [6.07, 6.45) is -5.87. The third-order valence-electron chi connectivity index (χ3n) is 4.33. The van der Waals surface area contributed by atoms with Crippen molar-refractivity contribution in [1.29, 1.82) is 0 Å².